The number of halogens is 1. The van der Waals surface area contributed by atoms with Gasteiger partial charge in [-0.2, -0.15) is 0 Å². The van der Waals surface area contributed by atoms with Crippen LogP contribution in [-0.4, -0.2) is 55.5 Å². The Balaban J connectivity index is 0.00000210. The van der Waals surface area contributed by atoms with E-state index in [1.807, 2.05) is 24.3 Å². The maximum absolute atomic E-state index is 12.7. The molecule has 2 saturated heterocycles. The number of anilines is 1. The summed E-state index contributed by atoms with van der Waals surface area (Å²) in [4.78, 5) is 28.4. The molecule has 1 saturated carbocycles. The van der Waals surface area contributed by atoms with E-state index in [1.54, 1.807) is 0 Å². The average molecular weight is 393 g/mol. The summed E-state index contributed by atoms with van der Waals surface area (Å²) in [5.41, 5.74) is 7.24. The highest BCUT2D eigenvalue weighted by Gasteiger charge is 2.43. The smallest absolute Gasteiger partial charge is 0.251 e. The predicted octanol–water partition coefficient (Wildman–Crippen LogP) is 1.63. The van der Waals surface area contributed by atoms with Gasteiger partial charge in [0.1, 0.15) is 0 Å². The predicted molar refractivity (Wildman–Crippen MR) is 108 cm³/mol. The van der Waals surface area contributed by atoms with Crippen LogP contribution in [0.1, 0.15) is 36.0 Å². The second kappa shape index (κ2) is 8.48. The number of hydrogen-bond acceptors (Lipinski definition) is 4. The monoisotopic (exact) mass is 392 g/mol. The molecule has 2 aliphatic heterocycles. The molecule has 3 fully saturated rings. The van der Waals surface area contributed by atoms with Gasteiger partial charge in [0, 0.05) is 43.5 Å². The number of likely N-dealkylation sites (tertiary alicyclic amines) is 1. The van der Waals surface area contributed by atoms with Crippen molar-refractivity contribution in [1.29, 1.82) is 0 Å². The number of benzene rings is 1. The Morgan fingerprint density at radius 3 is 2.33 bits per heavy atom. The summed E-state index contributed by atoms with van der Waals surface area (Å²) in [6.45, 7) is 4.05. The zero-order chi connectivity index (χ0) is 18.1. The van der Waals surface area contributed by atoms with Crippen LogP contribution in [-0.2, 0) is 4.79 Å². The third-order valence-corrected chi connectivity index (χ3v) is 5.96. The molecule has 0 unspecified atom stereocenters. The largest absolute Gasteiger partial charge is 0.372 e. The van der Waals surface area contributed by atoms with Gasteiger partial charge in [-0.1, -0.05) is 0 Å². The number of primary amides is 1. The lowest BCUT2D eigenvalue weighted by molar-refractivity contribution is -0.118. The van der Waals surface area contributed by atoms with Crippen molar-refractivity contribution < 1.29 is 9.59 Å². The molecular weight excluding hydrogens is 364 g/mol. The van der Waals surface area contributed by atoms with Crippen molar-refractivity contribution in [3.63, 3.8) is 0 Å². The van der Waals surface area contributed by atoms with E-state index < -0.39 is 0 Å². The first kappa shape index (κ1) is 20.0. The van der Waals surface area contributed by atoms with Gasteiger partial charge in [0.2, 0.25) is 5.91 Å². The second-order valence-electron chi connectivity index (χ2n) is 7.98. The molecule has 0 spiro atoms. The van der Waals surface area contributed by atoms with Gasteiger partial charge in [0.05, 0.1) is 6.54 Å². The zero-order valence-corrected chi connectivity index (χ0v) is 16.4. The van der Waals surface area contributed by atoms with Gasteiger partial charge in [0.25, 0.3) is 5.91 Å². The fraction of sp³-hybridized carbons (Fsp3) is 0.600. The minimum Gasteiger partial charge on any atom is -0.372 e. The molecule has 1 aromatic carbocycles. The lowest BCUT2D eigenvalue weighted by Crippen LogP contribution is -2.41. The van der Waals surface area contributed by atoms with Crippen molar-refractivity contribution >= 4 is 29.9 Å². The van der Waals surface area contributed by atoms with Gasteiger partial charge in [-0.3, -0.25) is 14.5 Å². The lowest BCUT2D eigenvalue weighted by Gasteiger charge is -2.20. The summed E-state index contributed by atoms with van der Waals surface area (Å²) in [5.74, 6) is 0.788. The Bertz CT molecular complexity index is 671. The van der Waals surface area contributed by atoms with Crippen LogP contribution in [0.2, 0.25) is 0 Å². The van der Waals surface area contributed by atoms with Crippen molar-refractivity contribution in [3.05, 3.63) is 29.8 Å². The number of hydrogen-bond donors (Lipinski definition) is 2. The van der Waals surface area contributed by atoms with E-state index in [2.05, 4.69) is 15.1 Å². The van der Waals surface area contributed by atoms with Crippen LogP contribution in [0.3, 0.4) is 0 Å². The Labute approximate surface area is 166 Å². The van der Waals surface area contributed by atoms with Crippen LogP contribution < -0.4 is 16.0 Å². The molecule has 27 heavy (non-hydrogen) atoms. The topological polar surface area (TPSA) is 78.7 Å². The van der Waals surface area contributed by atoms with E-state index in [0.29, 0.717) is 23.9 Å². The van der Waals surface area contributed by atoms with Gasteiger partial charge < -0.3 is 16.0 Å². The van der Waals surface area contributed by atoms with Crippen molar-refractivity contribution in [1.82, 2.24) is 10.2 Å². The fourth-order valence-electron chi connectivity index (χ4n) is 4.47. The number of rotatable bonds is 6. The highest BCUT2D eigenvalue weighted by Crippen LogP contribution is 2.41. The van der Waals surface area contributed by atoms with E-state index in [9.17, 15) is 9.59 Å². The normalized spacial score (nSPS) is 25.3. The van der Waals surface area contributed by atoms with Crippen LogP contribution in [0.25, 0.3) is 0 Å². The van der Waals surface area contributed by atoms with E-state index in [0.717, 1.165) is 19.6 Å². The molecular formula is C20H29ClN4O2. The van der Waals surface area contributed by atoms with Gasteiger partial charge >= 0.3 is 0 Å². The van der Waals surface area contributed by atoms with Crippen molar-refractivity contribution in [2.24, 2.45) is 17.6 Å². The van der Waals surface area contributed by atoms with Crippen LogP contribution in [0.15, 0.2) is 24.3 Å². The molecule has 1 aliphatic carbocycles. The molecule has 0 aromatic heterocycles. The second-order valence-corrected chi connectivity index (χ2v) is 7.98. The number of nitrogens with two attached hydrogens (primary N) is 1. The lowest BCUT2D eigenvalue weighted by atomic mass is 9.98. The van der Waals surface area contributed by atoms with Crippen LogP contribution in [0.4, 0.5) is 5.69 Å². The summed E-state index contributed by atoms with van der Waals surface area (Å²) in [6, 6.07) is 8.04. The third-order valence-electron chi connectivity index (χ3n) is 5.96. The maximum atomic E-state index is 12.7. The number of nitrogens with one attached hydrogen (secondary N) is 1. The SMILES string of the molecule is Cl.NC(=O)CN1C[C@H](NC(=O)c2ccc(N3CCCC3)cc2)[C@@H](C2CC2)C1. The number of carbonyl (C=O) groups excluding carboxylic acids is 2. The number of nitrogens with zero attached hydrogens (tertiary/aromatic N) is 2. The molecule has 0 bridgehead atoms. The Kier molecular flexibility index (Phi) is 6.27. The van der Waals surface area contributed by atoms with E-state index in [1.165, 1.54) is 31.4 Å². The van der Waals surface area contributed by atoms with E-state index in [4.69, 9.17) is 5.73 Å². The third kappa shape index (κ3) is 4.74. The molecule has 148 valence electrons. The first-order valence-corrected chi connectivity index (χ1v) is 9.76. The molecule has 6 nitrogen and oxygen atoms in total. The van der Waals surface area contributed by atoms with Crippen molar-refractivity contribution in [2.45, 2.75) is 31.7 Å². The van der Waals surface area contributed by atoms with Gasteiger partial charge in [-0.25, -0.2) is 0 Å². The number of carbonyl (C=O) groups is 2. The van der Waals surface area contributed by atoms with Crippen LogP contribution in [0.5, 0.6) is 0 Å². The summed E-state index contributed by atoms with van der Waals surface area (Å²) in [5, 5.41) is 3.21. The van der Waals surface area contributed by atoms with Gasteiger partial charge in [0.15, 0.2) is 0 Å². The Morgan fingerprint density at radius 1 is 1.07 bits per heavy atom. The summed E-state index contributed by atoms with van der Waals surface area (Å²) in [7, 11) is 0. The Morgan fingerprint density at radius 2 is 1.74 bits per heavy atom. The molecule has 3 N–H and O–H groups in total. The molecule has 2 amide bonds. The highest BCUT2D eigenvalue weighted by molar-refractivity contribution is 5.94. The molecule has 1 aromatic rings. The molecule has 2 atom stereocenters. The van der Waals surface area contributed by atoms with Gasteiger partial charge in [-0.15, -0.1) is 12.4 Å². The fourth-order valence-corrected chi connectivity index (χ4v) is 4.47. The van der Waals surface area contributed by atoms with Crippen LogP contribution in [0, 0.1) is 11.8 Å². The zero-order valence-electron chi connectivity index (χ0n) is 15.6. The summed E-state index contributed by atoms with van der Waals surface area (Å²) < 4.78 is 0. The summed E-state index contributed by atoms with van der Waals surface area (Å²) in [6.07, 6.45) is 4.94. The summed E-state index contributed by atoms with van der Waals surface area (Å²) >= 11 is 0. The molecule has 7 heteroatoms. The average Bonchev–Trinajstić information content (AvgIpc) is 3.16. The molecule has 4 rings (SSSR count). The van der Waals surface area contributed by atoms with E-state index in [-0.39, 0.29) is 36.8 Å². The van der Waals surface area contributed by atoms with Gasteiger partial charge in [-0.05, 0) is 61.8 Å². The molecule has 0 radical (unpaired) electrons. The first-order chi connectivity index (χ1) is 12.6. The number of amides is 2. The van der Waals surface area contributed by atoms with Crippen molar-refractivity contribution in [3.8, 4) is 0 Å². The van der Waals surface area contributed by atoms with E-state index >= 15 is 0 Å². The quantitative estimate of drug-likeness (QED) is 0.771. The Hall–Kier alpha value is -1.79. The molecule has 2 heterocycles. The maximum Gasteiger partial charge on any atom is 0.251 e. The highest BCUT2D eigenvalue weighted by atomic mass is 35.5. The minimum absolute atomic E-state index is 0. The minimum atomic E-state index is -0.302. The van der Waals surface area contributed by atoms with Crippen molar-refractivity contribution in [2.75, 3.05) is 37.6 Å². The molecule has 3 aliphatic rings. The van der Waals surface area contributed by atoms with Crippen LogP contribution >= 0.6 is 12.4 Å². The first-order valence-electron chi connectivity index (χ1n) is 9.76. The standard InChI is InChI=1S/C20H28N4O2.ClH/c21-19(25)13-23-11-17(14-3-4-14)18(12-23)22-20(26)15-5-7-16(8-6-15)24-9-1-2-10-24;/h5-8,14,17-18H,1-4,9-13H2,(H2,21,25)(H,22,26);1H/t17-,18+;/m1./s1.